The number of hydrogen-bond donors (Lipinski definition) is 0. The van der Waals surface area contributed by atoms with Gasteiger partial charge in [-0.2, -0.15) is 0 Å². The topological polar surface area (TPSA) is 54.6 Å². The third kappa shape index (κ3) is 2.35. The van der Waals surface area contributed by atoms with Crippen molar-refractivity contribution < 1.29 is 9.59 Å². The normalized spacial score (nSPS) is 23.4. The van der Waals surface area contributed by atoms with Crippen LogP contribution in [0.2, 0.25) is 0 Å². The second-order valence-electron chi connectivity index (χ2n) is 7.49. The molecule has 0 fully saturated rings. The fourth-order valence-corrected chi connectivity index (χ4v) is 4.21. The number of ketones is 1. The van der Waals surface area contributed by atoms with Gasteiger partial charge in [-0.1, -0.05) is 62.4 Å². The second-order valence-corrected chi connectivity index (χ2v) is 7.49. The van der Waals surface area contributed by atoms with Gasteiger partial charge in [0, 0.05) is 18.2 Å². The van der Waals surface area contributed by atoms with E-state index in [-0.39, 0.29) is 17.4 Å². The molecule has 1 atom stereocenters. The number of allylic oxidation sites excluding steroid dienone is 1. The zero-order valence-corrected chi connectivity index (χ0v) is 15.7. The minimum absolute atomic E-state index is 0.00206. The van der Waals surface area contributed by atoms with Crippen molar-refractivity contribution in [2.24, 2.45) is 5.41 Å². The predicted molar refractivity (Wildman–Crippen MR) is 106 cm³/mol. The Kier molecular flexibility index (Phi) is 4.01. The molecule has 28 heavy (non-hydrogen) atoms. The molecule has 0 saturated carbocycles. The molecule has 0 radical (unpaired) electrons. The van der Waals surface area contributed by atoms with Gasteiger partial charge < -0.3 is 4.79 Å². The average Bonchev–Trinajstić information content (AvgIpc) is 2.73. The number of nitrogens with zero attached hydrogens (tertiary/aromatic N) is 3. The lowest BCUT2D eigenvalue weighted by molar-refractivity contribution is -0.125. The number of amides is 1. The summed E-state index contributed by atoms with van der Waals surface area (Å²) in [6.07, 6.45) is 5.14. The van der Waals surface area contributed by atoms with Gasteiger partial charge in [0.05, 0.1) is 6.57 Å². The number of aromatic nitrogens is 1. The lowest BCUT2D eigenvalue weighted by atomic mass is 9.57. The van der Waals surface area contributed by atoms with Crippen molar-refractivity contribution in [3.05, 3.63) is 95.1 Å². The van der Waals surface area contributed by atoms with Crippen LogP contribution in [0, 0.1) is 12.0 Å². The zero-order valence-electron chi connectivity index (χ0n) is 15.7. The number of Topliss-reactive ketones (excluding diaryl/α,β-unsaturated/α-hetero) is 1. The molecule has 1 aromatic heterocycles. The van der Waals surface area contributed by atoms with Gasteiger partial charge in [0.25, 0.3) is 0 Å². The first-order valence-corrected chi connectivity index (χ1v) is 9.07. The van der Waals surface area contributed by atoms with Crippen molar-refractivity contribution in [1.29, 1.82) is 0 Å². The molecule has 1 aliphatic carbocycles. The molecule has 5 heteroatoms. The number of benzene rings is 1. The van der Waals surface area contributed by atoms with E-state index in [1.54, 1.807) is 43.2 Å². The highest BCUT2D eigenvalue weighted by molar-refractivity contribution is 6.14. The lowest BCUT2D eigenvalue weighted by Gasteiger charge is -2.48. The van der Waals surface area contributed by atoms with E-state index in [1.165, 1.54) is 0 Å². The molecule has 2 aromatic rings. The Balaban J connectivity index is 2.03. The minimum atomic E-state index is -1.20. The molecule has 138 valence electrons. The standard InChI is InChI=1S/C23H19N3O2/c1-22(2)18-12-14-26(19-11-7-8-13-25-19)21(28)23(18,15-17(24-3)20(22)27)16-9-5-4-6-10-16/h4-13,15H,14H2,1-2H3/t23-/m1/s1. The van der Waals surface area contributed by atoms with Crippen molar-refractivity contribution in [3.63, 3.8) is 0 Å². The van der Waals surface area contributed by atoms with Crippen LogP contribution in [0.4, 0.5) is 5.82 Å². The maximum absolute atomic E-state index is 13.9. The molecule has 1 aliphatic heterocycles. The maximum Gasteiger partial charge on any atom is 0.245 e. The first-order valence-electron chi connectivity index (χ1n) is 9.07. The molecule has 0 saturated heterocycles. The van der Waals surface area contributed by atoms with E-state index in [9.17, 15) is 9.59 Å². The Morgan fingerprint density at radius 3 is 2.43 bits per heavy atom. The summed E-state index contributed by atoms with van der Waals surface area (Å²) in [7, 11) is 0. The Morgan fingerprint density at radius 1 is 1.07 bits per heavy atom. The van der Waals surface area contributed by atoms with Crippen molar-refractivity contribution >= 4 is 17.5 Å². The number of hydrogen-bond acceptors (Lipinski definition) is 3. The Bertz CT molecular complexity index is 1060. The SMILES string of the molecule is [C-]#[N+]C1=C[C@]2(c3ccccc3)C(=O)N(c3ccccn3)CC=C2C(C)(C)C1=O. The summed E-state index contributed by atoms with van der Waals surface area (Å²) in [5, 5.41) is 0. The molecule has 1 aromatic carbocycles. The number of anilines is 1. The van der Waals surface area contributed by atoms with Crippen LogP contribution in [-0.4, -0.2) is 23.2 Å². The van der Waals surface area contributed by atoms with Crippen LogP contribution in [0.1, 0.15) is 19.4 Å². The molecule has 0 N–H and O–H groups in total. The maximum atomic E-state index is 13.9. The largest absolute Gasteiger partial charge is 0.307 e. The molecule has 0 unspecified atom stereocenters. The summed E-state index contributed by atoms with van der Waals surface area (Å²) in [5.74, 6) is 0.0987. The lowest BCUT2D eigenvalue weighted by Crippen LogP contribution is -2.57. The first-order chi connectivity index (χ1) is 13.4. The number of fused-ring (bicyclic) bond motifs is 1. The Labute approximate surface area is 163 Å². The van der Waals surface area contributed by atoms with Crippen LogP contribution < -0.4 is 4.90 Å². The second kappa shape index (κ2) is 6.28. The van der Waals surface area contributed by atoms with Crippen LogP contribution in [0.25, 0.3) is 4.85 Å². The minimum Gasteiger partial charge on any atom is -0.307 e. The summed E-state index contributed by atoms with van der Waals surface area (Å²) >= 11 is 0. The van der Waals surface area contributed by atoms with E-state index in [0.29, 0.717) is 12.4 Å². The van der Waals surface area contributed by atoms with E-state index in [2.05, 4.69) is 9.83 Å². The van der Waals surface area contributed by atoms with Crippen molar-refractivity contribution in [3.8, 4) is 0 Å². The molecule has 2 heterocycles. The van der Waals surface area contributed by atoms with Gasteiger partial charge in [-0.3, -0.25) is 9.69 Å². The van der Waals surface area contributed by atoms with Gasteiger partial charge in [-0.15, -0.1) is 0 Å². The average molecular weight is 369 g/mol. The fourth-order valence-electron chi connectivity index (χ4n) is 4.21. The molecular formula is C23H19N3O2. The summed E-state index contributed by atoms with van der Waals surface area (Å²) in [6.45, 7) is 11.4. The Morgan fingerprint density at radius 2 is 1.79 bits per heavy atom. The highest BCUT2D eigenvalue weighted by Gasteiger charge is 2.56. The monoisotopic (exact) mass is 369 g/mol. The van der Waals surface area contributed by atoms with Crippen LogP contribution in [0.3, 0.4) is 0 Å². The van der Waals surface area contributed by atoms with Gasteiger partial charge in [0.15, 0.2) is 5.78 Å². The van der Waals surface area contributed by atoms with Gasteiger partial charge >= 0.3 is 0 Å². The van der Waals surface area contributed by atoms with Crippen molar-refractivity contribution in [1.82, 2.24) is 4.98 Å². The van der Waals surface area contributed by atoms with Crippen LogP contribution in [0.15, 0.2) is 78.1 Å². The quantitative estimate of drug-likeness (QED) is 0.599. The highest BCUT2D eigenvalue weighted by atomic mass is 16.2. The van der Waals surface area contributed by atoms with Gasteiger partial charge in [0.1, 0.15) is 11.2 Å². The van der Waals surface area contributed by atoms with Crippen LogP contribution >= 0.6 is 0 Å². The molecule has 0 bridgehead atoms. The van der Waals surface area contributed by atoms with E-state index in [0.717, 1.165) is 11.1 Å². The molecule has 2 aliphatic rings. The van der Waals surface area contributed by atoms with E-state index >= 15 is 0 Å². The zero-order chi connectivity index (χ0) is 19.9. The fraction of sp³-hybridized carbons (Fsp3) is 0.217. The van der Waals surface area contributed by atoms with E-state index in [4.69, 9.17) is 6.57 Å². The van der Waals surface area contributed by atoms with Gasteiger partial charge in [-0.25, -0.2) is 9.83 Å². The van der Waals surface area contributed by atoms with Crippen molar-refractivity contribution in [2.45, 2.75) is 19.3 Å². The van der Waals surface area contributed by atoms with Gasteiger partial charge in [-0.05, 0) is 23.3 Å². The first kappa shape index (κ1) is 17.9. The Hall–Kier alpha value is -3.52. The van der Waals surface area contributed by atoms with Gasteiger partial charge in [0.2, 0.25) is 11.6 Å². The third-order valence-corrected chi connectivity index (χ3v) is 5.59. The summed E-state index contributed by atoms with van der Waals surface area (Å²) in [6, 6.07) is 14.8. The third-order valence-electron chi connectivity index (χ3n) is 5.59. The number of pyridine rings is 1. The summed E-state index contributed by atoms with van der Waals surface area (Å²) in [5.41, 5.74) is -0.679. The number of carbonyl (C=O) groups is 2. The van der Waals surface area contributed by atoms with E-state index in [1.807, 2.05) is 42.5 Å². The smallest absolute Gasteiger partial charge is 0.245 e. The molecule has 5 nitrogen and oxygen atoms in total. The predicted octanol–water partition coefficient (Wildman–Crippen LogP) is 3.70. The van der Waals surface area contributed by atoms with E-state index < -0.39 is 10.8 Å². The molecule has 0 spiro atoms. The molecule has 4 rings (SSSR count). The summed E-state index contributed by atoms with van der Waals surface area (Å²) < 4.78 is 0. The van der Waals surface area contributed by atoms with Crippen molar-refractivity contribution in [2.75, 3.05) is 11.4 Å². The highest BCUT2D eigenvalue weighted by Crippen LogP contribution is 2.52. The molecular weight excluding hydrogens is 350 g/mol. The summed E-state index contributed by atoms with van der Waals surface area (Å²) in [4.78, 5) is 36.2. The number of rotatable bonds is 2. The van der Waals surface area contributed by atoms with Crippen LogP contribution in [-0.2, 0) is 15.0 Å². The number of carbonyl (C=O) groups excluding carboxylic acids is 2. The van der Waals surface area contributed by atoms with Crippen LogP contribution in [0.5, 0.6) is 0 Å². The molecule has 1 amide bonds.